The highest BCUT2D eigenvalue weighted by molar-refractivity contribution is 6.32. The zero-order valence-corrected chi connectivity index (χ0v) is 10.1. The highest BCUT2D eigenvalue weighted by Gasteiger charge is 2.15. The smallest absolute Gasteiger partial charge is 0.260 e. The summed E-state index contributed by atoms with van der Waals surface area (Å²) in [6, 6.07) is 1.66. The molecule has 2 heterocycles. The Balaban J connectivity index is 2.23. The van der Waals surface area contributed by atoms with E-state index in [0.29, 0.717) is 17.1 Å². The van der Waals surface area contributed by atoms with Crippen LogP contribution in [0, 0.1) is 13.8 Å². The van der Waals surface area contributed by atoms with E-state index >= 15 is 0 Å². The topological polar surface area (TPSA) is 68.0 Å². The highest BCUT2D eigenvalue weighted by atomic mass is 35.5. The Labute approximate surface area is 103 Å². The molecule has 0 aromatic carbocycles. The van der Waals surface area contributed by atoms with Gasteiger partial charge in [0.2, 0.25) is 0 Å². The summed E-state index contributed by atoms with van der Waals surface area (Å²) in [6.07, 6.45) is 2.90. The van der Waals surface area contributed by atoms with Crippen molar-refractivity contribution in [3.8, 4) is 0 Å². The maximum atomic E-state index is 11.9. The van der Waals surface area contributed by atoms with Crippen molar-refractivity contribution in [2.75, 3.05) is 5.32 Å². The molecule has 0 radical (unpaired) electrons. The maximum Gasteiger partial charge on any atom is 0.260 e. The van der Waals surface area contributed by atoms with Crippen molar-refractivity contribution in [2.45, 2.75) is 13.8 Å². The minimum absolute atomic E-state index is 0.152. The fourth-order valence-corrected chi connectivity index (χ4v) is 1.59. The van der Waals surface area contributed by atoms with Gasteiger partial charge in [0.05, 0.1) is 5.56 Å². The molecule has 17 heavy (non-hydrogen) atoms. The van der Waals surface area contributed by atoms with Gasteiger partial charge in [-0.25, -0.2) is 9.97 Å². The van der Waals surface area contributed by atoms with Crippen molar-refractivity contribution in [3.05, 3.63) is 40.7 Å². The van der Waals surface area contributed by atoms with E-state index in [2.05, 4.69) is 15.3 Å². The lowest BCUT2D eigenvalue weighted by Crippen LogP contribution is -2.13. The fraction of sp³-hybridized carbons (Fsp3) is 0.182. The van der Waals surface area contributed by atoms with Crippen molar-refractivity contribution in [1.82, 2.24) is 9.97 Å². The standard InChI is InChI=1S/C11H10ClN3O2/c1-6-5-8(7(2)17-6)11(16)15-10-9(12)13-3-4-14-10/h3-5H,1-2H3,(H,14,15,16). The van der Waals surface area contributed by atoms with Crippen molar-refractivity contribution in [3.63, 3.8) is 0 Å². The van der Waals surface area contributed by atoms with E-state index in [1.54, 1.807) is 19.9 Å². The molecule has 0 unspecified atom stereocenters. The Hall–Kier alpha value is -1.88. The number of halogens is 1. The van der Waals surface area contributed by atoms with Crippen LogP contribution in [0.15, 0.2) is 22.9 Å². The Bertz CT molecular complexity index is 566. The number of rotatable bonds is 2. The van der Waals surface area contributed by atoms with Gasteiger partial charge >= 0.3 is 0 Å². The van der Waals surface area contributed by atoms with Crippen molar-refractivity contribution in [1.29, 1.82) is 0 Å². The lowest BCUT2D eigenvalue weighted by atomic mass is 10.2. The number of anilines is 1. The Kier molecular flexibility index (Phi) is 3.10. The molecule has 6 heteroatoms. The molecule has 0 bridgehead atoms. The van der Waals surface area contributed by atoms with Crippen molar-refractivity contribution >= 4 is 23.3 Å². The second-order valence-corrected chi connectivity index (χ2v) is 3.83. The quantitative estimate of drug-likeness (QED) is 0.891. The van der Waals surface area contributed by atoms with Crippen molar-refractivity contribution in [2.24, 2.45) is 0 Å². The van der Waals surface area contributed by atoms with Crippen LogP contribution >= 0.6 is 11.6 Å². The summed E-state index contributed by atoms with van der Waals surface area (Å²) in [4.78, 5) is 19.6. The SMILES string of the molecule is Cc1cc(C(=O)Nc2nccnc2Cl)c(C)o1. The largest absolute Gasteiger partial charge is 0.466 e. The summed E-state index contributed by atoms with van der Waals surface area (Å²) >= 11 is 5.79. The predicted octanol–water partition coefficient (Wildman–Crippen LogP) is 2.59. The number of carbonyl (C=O) groups excluding carboxylic acids is 1. The Morgan fingerprint density at radius 3 is 2.65 bits per heavy atom. The number of hydrogen-bond acceptors (Lipinski definition) is 4. The van der Waals surface area contributed by atoms with Crippen LogP contribution in [0.4, 0.5) is 5.82 Å². The lowest BCUT2D eigenvalue weighted by molar-refractivity contribution is 0.102. The summed E-state index contributed by atoms with van der Waals surface area (Å²) in [5, 5.41) is 2.73. The van der Waals surface area contributed by atoms with E-state index in [4.69, 9.17) is 16.0 Å². The molecule has 2 aromatic heterocycles. The average Bonchev–Trinajstić information content (AvgIpc) is 2.61. The van der Waals surface area contributed by atoms with Gasteiger partial charge in [-0.2, -0.15) is 0 Å². The molecule has 5 nitrogen and oxygen atoms in total. The van der Waals surface area contributed by atoms with E-state index in [9.17, 15) is 4.79 Å². The zero-order valence-electron chi connectivity index (χ0n) is 9.32. The van der Waals surface area contributed by atoms with Crippen LogP contribution in [0.3, 0.4) is 0 Å². The van der Waals surface area contributed by atoms with E-state index in [1.165, 1.54) is 12.4 Å². The third kappa shape index (κ3) is 2.45. The molecule has 0 atom stereocenters. The number of hydrogen-bond donors (Lipinski definition) is 1. The Morgan fingerprint density at radius 2 is 2.06 bits per heavy atom. The molecule has 1 amide bonds. The van der Waals surface area contributed by atoms with Gasteiger partial charge in [-0.3, -0.25) is 4.79 Å². The van der Waals surface area contributed by atoms with E-state index < -0.39 is 0 Å². The van der Waals surface area contributed by atoms with Gasteiger partial charge in [0, 0.05) is 12.4 Å². The second-order valence-electron chi connectivity index (χ2n) is 3.48. The number of aromatic nitrogens is 2. The molecule has 0 aliphatic carbocycles. The van der Waals surface area contributed by atoms with E-state index in [1.807, 2.05) is 0 Å². The van der Waals surface area contributed by atoms with Crippen LogP contribution in [-0.2, 0) is 0 Å². The molecule has 0 aliphatic heterocycles. The second kappa shape index (κ2) is 4.55. The highest BCUT2D eigenvalue weighted by Crippen LogP contribution is 2.18. The number of nitrogens with zero attached hydrogens (tertiary/aromatic N) is 2. The normalized spacial score (nSPS) is 10.3. The van der Waals surface area contributed by atoms with Gasteiger partial charge in [-0.1, -0.05) is 11.6 Å². The first kappa shape index (κ1) is 11.6. The first-order valence-electron chi connectivity index (χ1n) is 4.93. The van der Waals surface area contributed by atoms with Crippen LogP contribution in [0.25, 0.3) is 0 Å². The van der Waals surface area contributed by atoms with Crippen LogP contribution in [0.5, 0.6) is 0 Å². The van der Waals surface area contributed by atoms with Gasteiger partial charge < -0.3 is 9.73 Å². The zero-order chi connectivity index (χ0) is 12.4. The molecule has 1 N–H and O–H groups in total. The molecule has 2 aromatic rings. The number of amides is 1. The number of aryl methyl sites for hydroxylation is 2. The summed E-state index contributed by atoms with van der Waals surface area (Å²) in [7, 11) is 0. The Morgan fingerprint density at radius 1 is 1.35 bits per heavy atom. The van der Waals surface area contributed by atoms with Crippen LogP contribution in [0.1, 0.15) is 21.9 Å². The van der Waals surface area contributed by atoms with E-state index in [0.717, 1.165) is 0 Å². The van der Waals surface area contributed by atoms with E-state index in [-0.39, 0.29) is 16.9 Å². The molecule has 0 spiro atoms. The van der Waals surface area contributed by atoms with Gasteiger partial charge in [-0.15, -0.1) is 0 Å². The number of carbonyl (C=O) groups is 1. The minimum atomic E-state index is -0.318. The predicted molar refractivity (Wildman–Crippen MR) is 63.2 cm³/mol. The van der Waals surface area contributed by atoms with Crippen molar-refractivity contribution < 1.29 is 9.21 Å². The minimum Gasteiger partial charge on any atom is -0.466 e. The van der Waals surface area contributed by atoms with Crippen LogP contribution in [-0.4, -0.2) is 15.9 Å². The lowest BCUT2D eigenvalue weighted by Gasteiger charge is -2.03. The van der Waals surface area contributed by atoms with Crippen LogP contribution in [0.2, 0.25) is 5.15 Å². The van der Waals surface area contributed by atoms with Gasteiger partial charge in [0.25, 0.3) is 5.91 Å². The fourth-order valence-electron chi connectivity index (χ4n) is 1.44. The summed E-state index contributed by atoms with van der Waals surface area (Å²) < 4.78 is 5.27. The average molecular weight is 252 g/mol. The maximum absolute atomic E-state index is 11.9. The molecule has 2 rings (SSSR count). The summed E-state index contributed by atoms with van der Waals surface area (Å²) in [5.41, 5.74) is 0.462. The monoisotopic (exact) mass is 251 g/mol. The molecular weight excluding hydrogens is 242 g/mol. The first-order chi connectivity index (χ1) is 8.08. The summed E-state index contributed by atoms with van der Waals surface area (Å²) in [5.74, 6) is 1.15. The number of furan rings is 1. The van der Waals surface area contributed by atoms with Gasteiger partial charge in [-0.05, 0) is 19.9 Å². The first-order valence-corrected chi connectivity index (χ1v) is 5.30. The third-order valence-electron chi connectivity index (χ3n) is 2.17. The molecule has 88 valence electrons. The number of nitrogens with one attached hydrogen (secondary N) is 1. The molecule has 0 fully saturated rings. The third-order valence-corrected chi connectivity index (χ3v) is 2.45. The summed E-state index contributed by atoms with van der Waals surface area (Å²) in [6.45, 7) is 3.50. The molecule has 0 saturated carbocycles. The molecular formula is C11H10ClN3O2. The molecule has 0 saturated heterocycles. The molecule has 0 aliphatic rings. The van der Waals surface area contributed by atoms with Gasteiger partial charge in [0.1, 0.15) is 11.5 Å². The van der Waals surface area contributed by atoms with Crippen LogP contribution < -0.4 is 5.32 Å². The van der Waals surface area contributed by atoms with Gasteiger partial charge in [0.15, 0.2) is 11.0 Å².